The van der Waals surface area contributed by atoms with Crippen molar-refractivity contribution in [2.75, 3.05) is 46.6 Å². The summed E-state index contributed by atoms with van der Waals surface area (Å²) in [5.41, 5.74) is 0. The minimum atomic E-state index is -0.691. The Bertz CT molecular complexity index is 210. The van der Waals surface area contributed by atoms with Gasteiger partial charge in [-0.25, -0.2) is 0 Å². The van der Waals surface area contributed by atoms with Gasteiger partial charge in [0.2, 0.25) is 0 Å². The minimum Gasteiger partial charge on any atom is -0.481 e. The molecule has 94 valence electrons. The molecule has 1 atom stereocenters. The van der Waals surface area contributed by atoms with Crippen LogP contribution < -0.4 is 0 Å². The van der Waals surface area contributed by atoms with E-state index in [1.54, 1.807) is 7.11 Å². The van der Waals surface area contributed by atoms with E-state index >= 15 is 0 Å². The van der Waals surface area contributed by atoms with Crippen molar-refractivity contribution in [3.63, 3.8) is 0 Å². The molecule has 0 aromatic carbocycles. The molecule has 0 aromatic heterocycles. The first kappa shape index (κ1) is 13.4. The van der Waals surface area contributed by atoms with Gasteiger partial charge in [-0.2, -0.15) is 0 Å². The summed E-state index contributed by atoms with van der Waals surface area (Å²) >= 11 is 0. The van der Waals surface area contributed by atoms with Crippen molar-refractivity contribution in [2.24, 2.45) is 5.92 Å². The molecular formula is C11H21NO4. The van der Waals surface area contributed by atoms with E-state index in [0.29, 0.717) is 32.2 Å². The molecule has 1 fully saturated rings. The number of carboxylic acid groups (broad SMARTS) is 1. The van der Waals surface area contributed by atoms with Crippen molar-refractivity contribution in [3.05, 3.63) is 0 Å². The maximum Gasteiger partial charge on any atom is 0.303 e. The molecule has 0 bridgehead atoms. The average molecular weight is 231 g/mol. The Labute approximate surface area is 96.3 Å². The highest BCUT2D eigenvalue weighted by Crippen LogP contribution is 2.18. The predicted octanol–water partition coefficient (Wildman–Crippen LogP) is 0.446. The molecule has 5 nitrogen and oxygen atoms in total. The van der Waals surface area contributed by atoms with Crippen LogP contribution in [0.1, 0.15) is 12.8 Å². The lowest BCUT2D eigenvalue weighted by molar-refractivity contribution is -0.138. The highest BCUT2D eigenvalue weighted by Gasteiger charge is 2.23. The monoisotopic (exact) mass is 231 g/mol. The zero-order valence-corrected chi connectivity index (χ0v) is 9.85. The van der Waals surface area contributed by atoms with Gasteiger partial charge in [0, 0.05) is 26.6 Å². The van der Waals surface area contributed by atoms with Crippen LogP contribution in [-0.2, 0) is 14.3 Å². The van der Waals surface area contributed by atoms with Gasteiger partial charge in [-0.05, 0) is 18.9 Å². The summed E-state index contributed by atoms with van der Waals surface area (Å²) in [6, 6.07) is 0. The summed E-state index contributed by atoms with van der Waals surface area (Å²) in [6.45, 7) is 4.72. The second-order valence-electron chi connectivity index (χ2n) is 4.16. The fraction of sp³-hybridized carbons (Fsp3) is 0.909. The Morgan fingerprint density at radius 3 is 2.94 bits per heavy atom. The molecule has 0 aliphatic carbocycles. The molecule has 0 amide bonds. The first-order chi connectivity index (χ1) is 7.72. The van der Waals surface area contributed by atoms with Gasteiger partial charge in [-0.3, -0.25) is 4.79 Å². The summed E-state index contributed by atoms with van der Waals surface area (Å²) in [4.78, 5) is 12.8. The third-order valence-corrected chi connectivity index (χ3v) is 2.82. The molecule has 1 saturated heterocycles. The Hall–Kier alpha value is -0.650. The summed E-state index contributed by atoms with van der Waals surface area (Å²) < 4.78 is 10.2. The predicted molar refractivity (Wildman–Crippen MR) is 59.5 cm³/mol. The molecule has 1 rings (SSSR count). The van der Waals surface area contributed by atoms with Gasteiger partial charge in [0.25, 0.3) is 0 Å². The molecule has 1 aliphatic rings. The lowest BCUT2D eigenvalue weighted by atomic mass is 10.1. The van der Waals surface area contributed by atoms with Gasteiger partial charge < -0.3 is 19.5 Å². The van der Waals surface area contributed by atoms with Crippen molar-refractivity contribution >= 4 is 5.97 Å². The smallest absolute Gasteiger partial charge is 0.303 e. The topological polar surface area (TPSA) is 59.0 Å². The van der Waals surface area contributed by atoms with E-state index in [-0.39, 0.29) is 0 Å². The largest absolute Gasteiger partial charge is 0.481 e. The van der Waals surface area contributed by atoms with Crippen LogP contribution >= 0.6 is 0 Å². The number of methoxy groups -OCH3 is 1. The van der Waals surface area contributed by atoms with Gasteiger partial charge in [-0.1, -0.05) is 0 Å². The number of carboxylic acids is 1. The molecule has 0 aromatic rings. The highest BCUT2D eigenvalue weighted by atomic mass is 16.5. The number of nitrogens with zero attached hydrogens (tertiary/aromatic N) is 1. The number of rotatable bonds is 8. The normalized spacial score (nSPS) is 21.4. The van der Waals surface area contributed by atoms with Gasteiger partial charge >= 0.3 is 5.97 Å². The molecular weight excluding hydrogens is 210 g/mol. The van der Waals surface area contributed by atoms with Crippen LogP contribution in [0, 0.1) is 5.92 Å². The fourth-order valence-corrected chi connectivity index (χ4v) is 1.97. The lowest BCUT2D eigenvalue weighted by Gasteiger charge is -2.15. The summed E-state index contributed by atoms with van der Waals surface area (Å²) in [7, 11) is 1.65. The number of hydrogen-bond acceptors (Lipinski definition) is 4. The Kier molecular flexibility index (Phi) is 6.37. The number of hydrogen-bond donors (Lipinski definition) is 1. The zero-order valence-electron chi connectivity index (χ0n) is 9.85. The molecule has 1 N–H and O–H groups in total. The molecule has 0 radical (unpaired) electrons. The van der Waals surface area contributed by atoms with Gasteiger partial charge in [0.1, 0.15) is 0 Å². The van der Waals surface area contributed by atoms with E-state index in [2.05, 4.69) is 4.90 Å². The van der Waals surface area contributed by atoms with E-state index in [4.69, 9.17) is 14.6 Å². The van der Waals surface area contributed by atoms with Crippen molar-refractivity contribution in [1.29, 1.82) is 0 Å². The van der Waals surface area contributed by atoms with Crippen LogP contribution in [0.4, 0.5) is 0 Å². The summed E-state index contributed by atoms with van der Waals surface area (Å²) in [5, 5.41) is 8.68. The quantitative estimate of drug-likeness (QED) is 0.614. The molecule has 16 heavy (non-hydrogen) atoms. The molecule has 1 unspecified atom stereocenters. The maximum atomic E-state index is 10.5. The van der Waals surface area contributed by atoms with E-state index < -0.39 is 5.97 Å². The van der Waals surface area contributed by atoms with E-state index in [1.807, 2.05) is 0 Å². The molecule has 0 saturated carbocycles. The lowest BCUT2D eigenvalue weighted by Crippen LogP contribution is -2.26. The van der Waals surface area contributed by atoms with Crippen molar-refractivity contribution in [3.8, 4) is 0 Å². The van der Waals surface area contributed by atoms with Gasteiger partial charge in [0.15, 0.2) is 0 Å². The average Bonchev–Trinajstić information content (AvgIpc) is 2.64. The molecule has 5 heteroatoms. The zero-order chi connectivity index (χ0) is 11.8. The molecule has 0 spiro atoms. The third-order valence-electron chi connectivity index (χ3n) is 2.82. The Balaban J connectivity index is 2.01. The van der Waals surface area contributed by atoms with Crippen molar-refractivity contribution < 1.29 is 19.4 Å². The summed E-state index contributed by atoms with van der Waals surface area (Å²) in [5.74, 6) is -0.375. The second kappa shape index (κ2) is 7.60. The number of likely N-dealkylation sites (tertiary alicyclic amines) is 1. The second-order valence-corrected chi connectivity index (χ2v) is 4.16. The van der Waals surface area contributed by atoms with Crippen LogP contribution in [0.15, 0.2) is 0 Å². The fourth-order valence-electron chi connectivity index (χ4n) is 1.97. The van der Waals surface area contributed by atoms with Gasteiger partial charge in [0.05, 0.1) is 19.8 Å². The SMILES string of the molecule is COCCOCCN1CCC(CC(=O)O)C1. The first-order valence-corrected chi connectivity index (χ1v) is 5.73. The highest BCUT2D eigenvalue weighted by molar-refractivity contribution is 5.67. The van der Waals surface area contributed by atoms with Crippen molar-refractivity contribution in [1.82, 2.24) is 4.90 Å². The van der Waals surface area contributed by atoms with Crippen LogP contribution in [0.3, 0.4) is 0 Å². The van der Waals surface area contributed by atoms with Crippen molar-refractivity contribution in [2.45, 2.75) is 12.8 Å². The summed E-state index contributed by atoms with van der Waals surface area (Å²) in [6.07, 6.45) is 1.28. The maximum absolute atomic E-state index is 10.5. The minimum absolute atomic E-state index is 0.293. The third kappa shape index (κ3) is 5.44. The number of aliphatic carboxylic acids is 1. The van der Waals surface area contributed by atoms with Gasteiger partial charge in [-0.15, -0.1) is 0 Å². The van der Waals surface area contributed by atoms with Crippen LogP contribution in [-0.4, -0.2) is 62.5 Å². The van der Waals surface area contributed by atoms with E-state index in [0.717, 1.165) is 26.1 Å². The van der Waals surface area contributed by atoms with E-state index in [9.17, 15) is 4.79 Å². The Morgan fingerprint density at radius 1 is 1.44 bits per heavy atom. The van der Waals surface area contributed by atoms with Crippen LogP contribution in [0.25, 0.3) is 0 Å². The Morgan fingerprint density at radius 2 is 2.25 bits per heavy atom. The molecule has 1 aliphatic heterocycles. The molecule has 1 heterocycles. The first-order valence-electron chi connectivity index (χ1n) is 5.73. The van der Waals surface area contributed by atoms with Crippen LogP contribution in [0.5, 0.6) is 0 Å². The van der Waals surface area contributed by atoms with Crippen LogP contribution in [0.2, 0.25) is 0 Å². The van der Waals surface area contributed by atoms with E-state index in [1.165, 1.54) is 0 Å². The standard InChI is InChI=1S/C11H21NO4/c1-15-6-7-16-5-4-12-3-2-10(9-12)8-11(13)14/h10H,2-9H2,1H3,(H,13,14). The number of carbonyl (C=O) groups is 1. The number of ether oxygens (including phenoxy) is 2.